The number of para-hydroxylation sites is 1. The van der Waals surface area contributed by atoms with Crippen LogP contribution in [0.25, 0.3) is 15.9 Å². The highest BCUT2D eigenvalue weighted by atomic mass is 32.1. The third-order valence-electron chi connectivity index (χ3n) is 4.12. The molecule has 6 heteroatoms. The number of fused-ring (bicyclic) bond motifs is 1. The van der Waals surface area contributed by atoms with E-state index in [2.05, 4.69) is 15.4 Å². The van der Waals surface area contributed by atoms with Crippen molar-refractivity contribution in [2.24, 2.45) is 0 Å². The van der Waals surface area contributed by atoms with Crippen molar-refractivity contribution in [2.45, 2.75) is 20.4 Å². The van der Waals surface area contributed by atoms with E-state index in [-0.39, 0.29) is 5.91 Å². The predicted octanol–water partition coefficient (Wildman–Crippen LogP) is 4.03. The number of aryl methyl sites for hydroxylation is 2. The van der Waals surface area contributed by atoms with Crippen molar-refractivity contribution >= 4 is 27.5 Å². The molecule has 0 atom stereocenters. The molecule has 4 aromatic rings. The first-order valence-electron chi connectivity index (χ1n) is 8.36. The summed E-state index contributed by atoms with van der Waals surface area (Å²) in [7, 11) is 0. The highest BCUT2D eigenvalue weighted by Gasteiger charge is 2.09. The maximum atomic E-state index is 12.4. The van der Waals surface area contributed by atoms with Crippen molar-refractivity contribution < 1.29 is 4.79 Å². The van der Waals surface area contributed by atoms with Crippen LogP contribution in [0.15, 0.2) is 54.6 Å². The van der Waals surface area contributed by atoms with E-state index < -0.39 is 0 Å². The molecule has 4 rings (SSSR count). The molecule has 0 aliphatic rings. The Labute approximate surface area is 155 Å². The van der Waals surface area contributed by atoms with Crippen LogP contribution < -0.4 is 5.32 Å². The van der Waals surface area contributed by atoms with Crippen molar-refractivity contribution in [2.75, 3.05) is 0 Å². The van der Waals surface area contributed by atoms with Crippen LogP contribution in [0.5, 0.6) is 0 Å². The molecule has 2 heterocycles. The number of benzene rings is 2. The SMILES string of the molecule is Cc1cc(C)n(-c2ccc(C(=O)NCc3nc4ccccc4s3)cc2)n1. The van der Waals surface area contributed by atoms with Gasteiger partial charge in [-0.3, -0.25) is 4.79 Å². The Kier molecular flexibility index (Phi) is 4.26. The fraction of sp³-hybridized carbons (Fsp3) is 0.150. The monoisotopic (exact) mass is 362 g/mol. The summed E-state index contributed by atoms with van der Waals surface area (Å²) >= 11 is 1.60. The molecule has 2 aromatic heterocycles. The number of rotatable bonds is 4. The van der Waals surface area contributed by atoms with Gasteiger partial charge in [0.2, 0.25) is 0 Å². The van der Waals surface area contributed by atoms with Gasteiger partial charge in [0.25, 0.3) is 5.91 Å². The Morgan fingerprint density at radius 3 is 2.58 bits per heavy atom. The molecule has 0 bridgehead atoms. The quantitative estimate of drug-likeness (QED) is 0.596. The van der Waals surface area contributed by atoms with Crippen LogP contribution in [-0.2, 0) is 6.54 Å². The van der Waals surface area contributed by atoms with Gasteiger partial charge in [-0.25, -0.2) is 9.67 Å². The molecular weight excluding hydrogens is 344 g/mol. The van der Waals surface area contributed by atoms with Crippen molar-refractivity contribution in [3.8, 4) is 5.69 Å². The van der Waals surface area contributed by atoms with E-state index in [1.54, 1.807) is 11.3 Å². The molecule has 0 saturated heterocycles. The van der Waals surface area contributed by atoms with Crippen LogP contribution in [0.1, 0.15) is 26.8 Å². The molecule has 1 amide bonds. The lowest BCUT2D eigenvalue weighted by Crippen LogP contribution is -2.22. The number of nitrogens with zero attached hydrogens (tertiary/aromatic N) is 3. The molecule has 2 aromatic carbocycles. The van der Waals surface area contributed by atoms with Crippen LogP contribution >= 0.6 is 11.3 Å². The Bertz CT molecular complexity index is 1050. The van der Waals surface area contributed by atoms with Gasteiger partial charge in [-0.1, -0.05) is 12.1 Å². The number of hydrogen-bond acceptors (Lipinski definition) is 4. The van der Waals surface area contributed by atoms with Gasteiger partial charge in [-0.05, 0) is 56.3 Å². The van der Waals surface area contributed by atoms with Gasteiger partial charge in [0.15, 0.2) is 0 Å². The van der Waals surface area contributed by atoms with E-state index in [1.165, 1.54) is 0 Å². The average molecular weight is 362 g/mol. The summed E-state index contributed by atoms with van der Waals surface area (Å²) in [6.07, 6.45) is 0. The third kappa shape index (κ3) is 3.23. The summed E-state index contributed by atoms with van der Waals surface area (Å²) in [5, 5.41) is 8.30. The molecule has 130 valence electrons. The molecule has 0 radical (unpaired) electrons. The second-order valence-electron chi connectivity index (χ2n) is 6.14. The lowest BCUT2D eigenvalue weighted by Gasteiger charge is -2.06. The molecule has 0 aliphatic heterocycles. The summed E-state index contributed by atoms with van der Waals surface area (Å²) in [4.78, 5) is 16.9. The minimum atomic E-state index is -0.107. The number of hydrogen-bond donors (Lipinski definition) is 1. The normalized spacial score (nSPS) is 11.0. The van der Waals surface area contributed by atoms with Crippen molar-refractivity contribution in [1.29, 1.82) is 0 Å². The Hall–Kier alpha value is -2.99. The number of thiazole rings is 1. The van der Waals surface area contributed by atoms with Gasteiger partial charge >= 0.3 is 0 Å². The van der Waals surface area contributed by atoms with E-state index in [1.807, 2.05) is 73.1 Å². The summed E-state index contributed by atoms with van der Waals surface area (Å²) in [5.74, 6) is -0.107. The van der Waals surface area contributed by atoms with Crippen LogP contribution in [-0.4, -0.2) is 20.7 Å². The van der Waals surface area contributed by atoms with Gasteiger partial charge in [0.05, 0.1) is 28.1 Å². The van der Waals surface area contributed by atoms with Gasteiger partial charge in [0, 0.05) is 11.3 Å². The molecule has 1 N–H and O–H groups in total. The number of amides is 1. The van der Waals surface area contributed by atoms with Crippen LogP contribution in [0.2, 0.25) is 0 Å². The van der Waals surface area contributed by atoms with Gasteiger partial charge in [0.1, 0.15) is 5.01 Å². The predicted molar refractivity (Wildman–Crippen MR) is 104 cm³/mol. The topological polar surface area (TPSA) is 59.8 Å². The van der Waals surface area contributed by atoms with Crippen LogP contribution in [0.4, 0.5) is 0 Å². The zero-order valence-corrected chi connectivity index (χ0v) is 15.4. The third-order valence-corrected chi connectivity index (χ3v) is 5.16. The van der Waals surface area contributed by atoms with E-state index in [4.69, 9.17) is 0 Å². The summed E-state index contributed by atoms with van der Waals surface area (Å²) < 4.78 is 3.00. The Balaban J connectivity index is 1.45. The molecule has 0 saturated carbocycles. The van der Waals surface area contributed by atoms with Gasteiger partial charge < -0.3 is 5.32 Å². The highest BCUT2D eigenvalue weighted by molar-refractivity contribution is 7.18. The molecule has 0 unspecified atom stereocenters. The number of nitrogens with one attached hydrogen (secondary N) is 1. The van der Waals surface area contributed by atoms with Gasteiger partial charge in [-0.15, -0.1) is 11.3 Å². The highest BCUT2D eigenvalue weighted by Crippen LogP contribution is 2.21. The second-order valence-corrected chi connectivity index (χ2v) is 7.26. The molecule has 0 fully saturated rings. The summed E-state index contributed by atoms with van der Waals surface area (Å²) in [6, 6.07) is 17.5. The fourth-order valence-electron chi connectivity index (χ4n) is 2.90. The van der Waals surface area contributed by atoms with Crippen molar-refractivity contribution in [3.63, 3.8) is 0 Å². The summed E-state index contributed by atoms with van der Waals surface area (Å²) in [5.41, 5.74) is 4.57. The first-order valence-corrected chi connectivity index (χ1v) is 9.18. The minimum absolute atomic E-state index is 0.107. The number of aromatic nitrogens is 3. The zero-order valence-electron chi connectivity index (χ0n) is 14.6. The molecular formula is C20H18N4OS. The first-order chi connectivity index (χ1) is 12.6. The molecule has 26 heavy (non-hydrogen) atoms. The average Bonchev–Trinajstić information content (AvgIpc) is 3.22. The molecule has 0 spiro atoms. The van der Waals surface area contributed by atoms with Crippen molar-refractivity contribution in [3.05, 3.63) is 76.6 Å². The van der Waals surface area contributed by atoms with Crippen molar-refractivity contribution in [1.82, 2.24) is 20.1 Å². The summed E-state index contributed by atoms with van der Waals surface area (Å²) in [6.45, 7) is 4.41. The zero-order chi connectivity index (χ0) is 18.1. The number of carbonyl (C=O) groups is 1. The smallest absolute Gasteiger partial charge is 0.251 e. The van der Waals surface area contributed by atoms with E-state index in [9.17, 15) is 4.79 Å². The van der Waals surface area contributed by atoms with Gasteiger partial charge in [-0.2, -0.15) is 5.10 Å². The van der Waals surface area contributed by atoms with Crippen LogP contribution in [0, 0.1) is 13.8 Å². The largest absolute Gasteiger partial charge is 0.346 e. The standard InChI is InChI=1S/C20H18N4OS/c1-13-11-14(2)24(23-13)16-9-7-15(8-10-16)20(25)21-12-19-22-17-5-3-4-6-18(17)26-19/h3-11H,12H2,1-2H3,(H,21,25). The minimum Gasteiger partial charge on any atom is -0.346 e. The number of carbonyl (C=O) groups excluding carboxylic acids is 1. The maximum Gasteiger partial charge on any atom is 0.251 e. The van der Waals surface area contributed by atoms with E-state index in [0.717, 1.165) is 32.3 Å². The van der Waals surface area contributed by atoms with Crippen LogP contribution in [0.3, 0.4) is 0 Å². The molecule has 5 nitrogen and oxygen atoms in total. The fourth-order valence-corrected chi connectivity index (χ4v) is 3.80. The lowest BCUT2D eigenvalue weighted by molar-refractivity contribution is 0.0951. The first kappa shape index (κ1) is 16.5. The Morgan fingerprint density at radius 1 is 1.12 bits per heavy atom. The maximum absolute atomic E-state index is 12.4. The van der Waals surface area contributed by atoms with E-state index >= 15 is 0 Å². The second kappa shape index (κ2) is 6.72. The Morgan fingerprint density at radius 2 is 1.88 bits per heavy atom. The van der Waals surface area contributed by atoms with E-state index in [0.29, 0.717) is 12.1 Å². The lowest BCUT2D eigenvalue weighted by atomic mass is 10.2. The molecule has 0 aliphatic carbocycles.